The molecule has 0 spiro atoms. The molecule has 1 aromatic rings. The Morgan fingerprint density at radius 1 is 1.15 bits per heavy atom. The van der Waals surface area contributed by atoms with Crippen molar-refractivity contribution in [2.75, 3.05) is 5.75 Å². The second kappa shape index (κ2) is 7.17. The lowest BCUT2D eigenvalue weighted by molar-refractivity contribution is -0.128. The van der Waals surface area contributed by atoms with E-state index in [-0.39, 0.29) is 33.6 Å². The van der Waals surface area contributed by atoms with Crippen molar-refractivity contribution >= 4 is 15.6 Å². The van der Waals surface area contributed by atoms with Crippen LogP contribution in [0, 0.1) is 5.41 Å². The monoisotopic (exact) mass is 390 g/mol. The van der Waals surface area contributed by atoms with Crippen LogP contribution < -0.4 is 0 Å². The van der Waals surface area contributed by atoms with Crippen molar-refractivity contribution in [1.29, 1.82) is 0 Å². The van der Waals surface area contributed by atoms with E-state index in [9.17, 15) is 13.2 Å². The third-order valence-electron chi connectivity index (χ3n) is 5.80. The molecular formula is C22H30O4S. The second-order valence-corrected chi connectivity index (χ2v) is 11.0. The zero-order valence-electron chi connectivity index (χ0n) is 16.7. The first kappa shape index (κ1) is 20.3. The first-order chi connectivity index (χ1) is 12.5. The standard InChI is InChI=1S/C22H30O4S/c1-21(2,3)26-20-12-8-11-18-17(19(23)13-14-22(18,20)4)15-27(24,25)16-9-6-5-7-10-16/h5-7,9-10,20H,8,11-15H2,1-4H3/t20-,22-/m0/s1. The van der Waals surface area contributed by atoms with Crippen molar-refractivity contribution in [1.82, 2.24) is 0 Å². The van der Waals surface area contributed by atoms with E-state index in [1.165, 1.54) is 0 Å². The minimum atomic E-state index is -3.54. The minimum Gasteiger partial charge on any atom is -0.372 e. The summed E-state index contributed by atoms with van der Waals surface area (Å²) in [5.74, 6) is -0.221. The highest BCUT2D eigenvalue weighted by Gasteiger charge is 2.47. The van der Waals surface area contributed by atoms with Gasteiger partial charge in [-0.2, -0.15) is 0 Å². The van der Waals surface area contributed by atoms with Gasteiger partial charge in [-0.15, -0.1) is 0 Å². The van der Waals surface area contributed by atoms with Gasteiger partial charge in [0.25, 0.3) is 0 Å². The Morgan fingerprint density at radius 3 is 2.44 bits per heavy atom. The van der Waals surface area contributed by atoms with Crippen molar-refractivity contribution in [2.24, 2.45) is 5.41 Å². The van der Waals surface area contributed by atoms with Crippen LogP contribution in [0.4, 0.5) is 0 Å². The molecule has 0 aliphatic heterocycles. The summed E-state index contributed by atoms with van der Waals surface area (Å²) in [6, 6.07) is 8.41. The van der Waals surface area contributed by atoms with Gasteiger partial charge in [-0.25, -0.2) is 8.42 Å². The molecule has 0 aromatic heterocycles. The molecule has 0 bridgehead atoms. The highest BCUT2D eigenvalue weighted by molar-refractivity contribution is 7.91. The Kier molecular flexibility index (Phi) is 5.39. The van der Waals surface area contributed by atoms with Crippen LogP contribution in [-0.4, -0.2) is 31.7 Å². The highest BCUT2D eigenvalue weighted by atomic mass is 32.2. The van der Waals surface area contributed by atoms with Crippen LogP contribution in [0.1, 0.15) is 59.8 Å². The SMILES string of the molecule is CC(C)(C)O[C@H]1CCCC2=C(CS(=O)(=O)c3ccccc3)C(=O)CC[C@@]21C. The summed E-state index contributed by atoms with van der Waals surface area (Å²) >= 11 is 0. The fraction of sp³-hybridized carbons (Fsp3) is 0.591. The van der Waals surface area contributed by atoms with Gasteiger partial charge >= 0.3 is 0 Å². The van der Waals surface area contributed by atoms with Crippen molar-refractivity contribution in [3.8, 4) is 0 Å². The van der Waals surface area contributed by atoms with Crippen molar-refractivity contribution < 1.29 is 17.9 Å². The average molecular weight is 391 g/mol. The van der Waals surface area contributed by atoms with E-state index >= 15 is 0 Å². The van der Waals surface area contributed by atoms with Gasteiger partial charge in [0.1, 0.15) is 0 Å². The number of ether oxygens (including phenoxy) is 1. The predicted molar refractivity (Wildman–Crippen MR) is 106 cm³/mol. The van der Waals surface area contributed by atoms with E-state index in [2.05, 4.69) is 6.92 Å². The van der Waals surface area contributed by atoms with Crippen molar-refractivity contribution in [3.05, 3.63) is 41.5 Å². The van der Waals surface area contributed by atoms with E-state index in [0.29, 0.717) is 12.0 Å². The van der Waals surface area contributed by atoms with Gasteiger partial charge in [0.2, 0.25) is 0 Å². The molecule has 1 aromatic carbocycles. The van der Waals surface area contributed by atoms with Gasteiger partial charge in [0.05, 0.1) is 22.4 Å². The lowest BCUT2D eigenvalue weighted by Gasteiger charge is -2.48. The van der Waals surface area contributed by atoms with Crippen LogP contribution in [-0.2, 0) is 19.4 Å². The molecule has 4 nitrogen and oxygen atoms in total. The highest BCUT2D eigenvalue weighted by Crippen LogP contribution is 2.51. The molecule has 3 rings (SSSR count). The number of Topliss-reactive ketones (excluding diaryl/α,β-unsaturated/α-hetero) is 1. The molecule has 0 saturated heterocycles. The lowest BCUT2D eigenvalue weighted by Crippen LogP contribution is -2.46. The molecule has 5 heteroatoms. The molecular weight excluding hydrogens is 360 g/mol. The molecule has 148 valence electrons. The summed E-state index contributed by atoms with van der Waals surface area (Å²) in [6.45, 7) is 8.29. The molecule has 1 fully saturated rings. The molecule has 0 amide bonds. The van der Waals surface area contributed by atoms with Crippen LogP contribution in [0.25, 0.3) is 0 Å². The van der Waals surface area contributed by atoms with Crippen molar-refractivity contribution in [3.63, 3.8) is 0 Å². The molecule has 2 atom stereocenters. The number of benzene rings is 1. The number of hydrogen-bond donors (Lipinski definition) is 0. The second-order valence-electron chi connectivity index (χ2n) is 8.98. The normalized spacial score (nSPS) is 26.8. The lowest BCUT2D eigenvalue weighted by atomic mass is 9.62. The number of rotatable bonds is 4. The molecule has 0 radical (unpaired) electrons. The van der Waals surface area contributed by atoms with E-state index in [1.54, 1.807) is 30.3 Å². The third-order valence-corrected chi connectivity index (χ3v) is 7.46. The van der Waals surface area contributed by atoms with Crippen molar-refractivity contribution in [2.45, 2.75) is 76.4 Å². The van der Waals surface area contributed by atoms with Crippen LogP contribution in [0.5, 0.6) is 0 Å². The number of hydrogen-bond acceptors (Lipinski definition) is 4. The summed E-state index contributed by atoms with van der Waals surface area (Å²) in [4.78, 5) is 13.0. The molecule has 0 unspecified atom stereocenters. The maximum atomic E-state index is 12.9. The third kappa shape index (κ3) is 4.19. The number of ketones is 1. The summed E-state index contributed by atoms with van der Waals surface area (Å²) in [5, 5.41) is 0. The number of sulfone groups is 1. The van der Waals surface area contributed by atoms with Gasteiger partial charge in [-0.1, -0.05) is 30.7 Å². The maximum Gasteiger partial charge on any atom is 0.182 e. The molecule has 2 aliphatic carbocycles. The maximum absolute atomic E-state index is 12.9. The fourth-order valence-corrected chi connectivity index (χ4v) is 5.90. The summed E-state index contributed by atoms with van der Waals surface area (Å²) in [6.07, 6.45) is 3.80. The van der Waals surface area contributed by atoms with Gasteiger partial charge in [0.15, 0.2) is 15.6 Å². The average Bonchev–Trinajstić information content (AvgIpc) is 2.59. The fourth-order valence-electron chi connectivity index (χ4n) is 4.45. The largest absolute Gasteiger partial charge is 0.372 e. The Bertz CT molecular complexity index is 846. The van der Waals surface area contributed by atoms with E-state index in [1.807, 2.05) is 20.8 Å². The molecule has 0 N–H and O–H groups in total. The minimum absolute atomic E-state index is 0.0154. The van der Waals surface area contributed by atoms with Gasteiger partial charge in [-0.3, -0.25) is 4.79 Å². The van der Waals surface area contributed by atoms with Crippen LogP contribution in [0.3, 0.4) is 0 Å². The molecule has 1 saturated carbocycles. The first-order valence-electron chi connectivity index (χ1n) is 9.74. The number of carbonyl (C=O) groups is 1. The molecule has 2 aliphatic rings. The van der Waals surface area contributed by atoms with Gasteiger partial charge in [-0.05, 0) is 58.6 Å². The molecule has 0 heterocycles. The topological polar surface area (TPSA) is 60.4 Å². The van der Waals surface area contributed by atoms with E-state index in [0.717, 1.165) is 31.3 Å². The van der Waals surface area contributed by atoms with Crippen LogP contribution in [0.2, 0.25) is 0 Å². The van der Waals surface area contributed by atoms with E-state index in [4.69, 9.17) is 4.74 Å². The van der Waals surface area contributed by atoms with E-state index < -0.39 is 9.84 Å². The van der Waals surface area contributed by atoms with Crippen LogP contribution in [0.15, 0.2) is 46.4 Å². The zero-order valence-corrected chi connectivity index (χ0v) is 17.6. The smallest absolute Gasteiger partial charge is 0.182 e. The zero-order chi connectivity index (χ0) is 19.9. The Hall–Kier alpha value is -1.46. The van der Waals surface area contributed by atoms with Gasteiger partial charge in [0, 0.05) is 17.4 Å². The first-order valence-corrected chi connectivity index (χ1v) is 11.4. The summed E-state index contributed by atoms with van der Waals surface area (Å²) in [7, 11) is -3.54. The predicted octanol–water partition coefficient (Wildman–Crippen LogP) is 4.49. The van der Waals surface area contributed by atoms with Gasteiger partial charge < -0.3 is 4.74 Å². The Labute approximate surface area is 162 Å². The number of carbonyl (C=O) groups excluding carboxylic acids is 1. The Balaban J connectivity index is 2.00. The number of fused-ring (bicyclic) bond motifs is 1. The van der Waals surface area contributed by atoms with Crippen LogP contribution >= 0.6 is 0 Å². The summed E-state index contributed by atoms with van der Waals surface area (Å²) in [5.41, 5.74) is 0.989. The summed E-state index contributed by atoms with van der Waals surface area (Å²) < 4.78 is 32.2. The quantitative estimate of drug-likeness (QED) is 0.760. The Morgan fingerprint density at radius 2 is 1.81 bits per heavy atom. The molecule has 27 heavy (non-hydrogen) atoms.